The first-order valence-corrected chi connectivity index (χ1v) is 9.45. The fraction of sp³-hybridized carbons (Fsp3) is 0.316. The Morgan fingerprint density at radius 3 is 2.96 bits per heavy atom. The maximum atomic E-state index is 12.7. The van der Waals surface area contributed by atoms with E-state index in [1.165, 1.54) is 22.2 Å². The number of aromatic nitrogens is 2. The number of amides is 1. The van der Waals surface area contributed by atoms with Crippen molar-refractivity contribution in [2.45, 2.75) is 25.5 Å². The Kier molecular flexibility index (Phi) is 4.81. The molecule has 7 heteroatoms. The molecule has 1 aliphatic rings. The molecule has 1 saturated heterocycles. The standard InChI is InChI=1S/C19H19N3O3S/c23-17(20-10-14-7-4-8-25-14)11-22-12-21-15-9-16(26-18(15)19(22)24)13-5-2-1-3-6-13/h1-3,5-6,9,12,14H,4,7-8,10-11H2,(H,20,23). The zero-order valence-electron chi connectivity index (χ0n) is 14.2. The highest BCUT2D eigenvalue weighted by Gasteiger charge is 2.17. The second-order valence-corrected chi connectivity index (χ2v) is 7.36. The summed E-state index contributed by atoms with van der Waals surface area (Å²) in [6, 6.07) is 11.8. The van der Waals surface area contributed by atoms with Gasteiger partial charge in [-0.3, -0.25) is 14.2 Å². The maximum Gasteiger partial charge on any atom is 0.271 e. The summed E-state index contributed by atoms with van der Waals surface area (Å²) >= 11 is 1.40. The summed E-state index contributed by atoms with van der Waals surface area (Å²) < 4.78 is 7.41. The topological polar surface area (TPSA) is 73.2 Å². The lowest BCUT2D eigenvalue weighted by atomic mass is 10.2. The van der Waals surface area contributed by atoms with E-state index in [4.69, 9.17) is 4.74 Å². The van der Waals surface area contributed by atoms with Gasteiger partial charge in [0.15, 0.2) is 0 Å². The molecule has 2 aromatic heterocycles. The molecule has 26 heavy (non-hydrogen) atoms. The normalized spacial score (nSPS) is 16.8. The Morgan fingerprint density at radius 2 is 2.19 bits per heavy atom. The van der Waals surface area contributed by atoms with Crippen molar-refractivity contribution >= 4 is 27.5 Å². The molecule has 1 atom stereocenters. The summed E-state index contributed by atoms with van der Waals surface area (Å²) in [5.41, 5.74) is 1.53. The van der Waals surface area contributed by atoms with Crippen LogP contribution in [0.3, 0.4) is 0 Å². The maximum absolute atomic E-state index is 12.7. The SMILES string of the molecule is O=C(Cn1cnc2cc(-c3ccccc3)sc2c1=O)NCC1CCCO1. The van der Waals surface area contributed by atoms with Crippen LogP contribution in [0, 0.1) is 0 Å². The zero-order valence-corrected chi connectivity index (χ0v) is 15.0. The molecular weight excluding hydrogens is 350 g/mol. The van der Waals surface area contributed by atoms with E-state index in [9.17, 15) is 9.59 Å². The molecule has 134 valence electrons. The van der Waals surface area contributed by atoms with Crippen molar-refractivity contribution in [1.29, 1.82) is 0 Å². The molecule has 0 spiro atoms. The number of carbonyl (C=O) groups is 1. The van der Waals surface area contributed by atoms with Crippen LogP contribution < -0.4 is 10.9 Å². The van der Waals surface area contributed by atoms with Gasteiger partial charge in [0.25, 0.3) is 5.56 Å². The lowest BCUT2D eigenvalue weighted by Crippen LogP contribution is -2.36. The first-order chi connectivity index (χ1) is 12.7. The smallest absolute Gasteiger partial charge is 0.271 e. The summed E-state index contributed by atoms with van der Waals surface area (Å²) in [6.07, 6.45) is 3.52. The number of rotatable bonds is 5. The quantitative estimate of drug-likeness (QED) is 0.750. The first-order valence-electron chi connectivity index (χ1n) is 8.63. The predicted octanol–water partition coefficient (Wildman–Crippen LogP) is 2.42. The highest BCUT2D eigenvalue weighted by molar-refractivity contribution is 7.22. The van der Waals surface area contributed by atoms with Crippen LogP contribution in [0.5, 0.6) is 0 Å². The molecule has 3 aromatic rings. The van der Waals surface area contributed by atoms with Gasteiger partial charge in [-0.05, 0) is 24.5 Å². The Hall–Kier alpha value is -2.51. The number of benzene rings is 1. The minimum atomic E-state index is -0.205. The molecule has 1 amide bonds. The van der Waals surface area contributed by atoms with Gasteiger partial charge in [0.2, 0.25) is 5.91 Å². The number of nitrogens with one attached hydrogen (secondary N) is 1. The summed E-state index contributed by atoms with van der Waals surface area (Å²) in [5, 5.41) is 2.83. The van der Waals surface area contributed by atoms with Crippen LogP contribution in [-0.4, -0.2) is 34.7 Å². The molecule has 1 aliphatic heterocycles. The summed E-state index contributed by atoms with van der Waals surface area (Å²) in [7, 11) is 0. The summed E-state index contributed by atoms with van der Waals surface area (Å²) in [5.74, 6) is -0.205. The van der Waals surface area contributed by atoms with Gasteiger partial charge in [-0.1, -0.05) is 30.3 Å². The molecule has 1 fully saturated rings. The van der Waals surface area contributed by atoms with Crippen molar-refractivity contribution in [1.82, 2.24) is 14.9 Å². The average Bonchev–Trinajstić information content (AvgIpc) is 3.33. The molecule has 3 heterocycles. The van der Waals surface area contributed by atoms with Gasteiger partial charge in [0, 0.05) is 18.0 Å². The molecule has 6 nitrogen and oxygen atoms in total. The van der Waals surface area contributed by atoms with Crippen molar-refractivity contribution in [3.63, 3.8) is 0 Å². The van der Waals surface area contributed by atoms with Gasteiger partial charge >= 0.3 is 0 Å². The van der Waals surface area contributed by atoms with E-state index >= 15 is 0 Å². The lowest BCUT2D eigenvalue weighted by molar-refractivity contribution is -0.122. The van der Waals surface area contributed by atoms with E-state index in [0.717, 1.165) is 29.9 Å². The van der Waals surface area contributed by atoms with Gasteiger partial charge in [-0.15, -0.1) is 11.3 Å². The monoisotopic (exact) mass is 369 g/mol. The second-order valence-electron chi connectivity index (χ2n) is 6.31. The number of ether oxygens (including phenoxy) is 1. The first kappa shape index (κ1) is 16.9. The fourth-order valence-electron chi connectivity index (χ4n) is 3.05. The summed E-state index contributed by atoms with van der Waals surface area (Å²) in [4.78, 5) is 30.2. The molecular formula is C19H19N3O3S. The Balaban J connectivity index is 1.52. The van der Waals surface area contributed by atoms with Gasteiger partial charge in [0.05, 0.1) is 17.9 Å². The third kappa shape index (κ3) is 3.54. The van der Waals surface area contributed by atoms with E-state index in [-0.39, 0.29) is 24.1 Å². The molecule has 0 bridgehead atoms. The van der Waals surface area contributed by atoms with Crippen LogP contribution >= 0.6 is 11.3 Å². The number of thiophene rings is 1. The molecule has 1 aromatic carbocycles. The highest BCUT2D eigenvalue weighted by atomic mass is 32.1. The third-order valence-electron chi connectivity index (χ3n) is 4.43. The number of hydrogen-bond acceptors (Lipinski definition) is 5. The van der Waals surface area contributed by atoms with Crippen LogP contribution in [0.1, 0.15) is 12.8 Å². The van der Waals surface area contributed by atoms with Gasteiger partial charge in [0.1, 0.15) is 11.2 Å². The largest absolute Gasteiger partial charge is 0.376 e. The van der Waals surface area contributed by atoms with Crippen molar-refractivity contribution in [2.24, 2.45) is 0 Å². The van der Waals surface area contributed by atoms with E-state index in [2.05, 4.69) is 10.3 Å². The van der Waals surface area contributed by atoms with E-state index in [1.54, 1.807) is 0 Å². The number of nitrogens with zero attached hydrogens (tertiary/aromatic N) is 2. The second kappa shape index (κ2) is 7.39. The van der Waals surface area contributed by atoms with Crippen molar-refractivity contribution < 1.29 is 9.53 Å². The van der Waals surface area contributed by atoms with Crippen LogP contribution in [0.2, 0.25) is 0 Å². The van der Waals surface area contributed by atoms with Crippen molar-refractivity contribution in [2.75, 3.05) is 13.2 Å². The number of fused-ring (bicyclic) bond motifs is 1. The molecule has 4 rings (SSSR count). The van der Waals surface area contributed by atoms with Gasteiger partial charge < -0.3 is 10.1 Å². The van der Waals surface area contributed by atoms with Gasteiger partial charge in [-0.25, -0.2) is 4.98 Å². The average molecular weight is 369 g/mol. The minimum Gasteiger partial charge on any atom is -0.376 e. The van der Waals surface area contributed by atoms with E-state index in [1.807, 2.05) is 36.4 Å². The lowest BCUT2D eigenvalue weighted by Gasteiger charge is -2.11. The number of hydrogen-bond donors (Lipinski definition) is 1. The third-order valence-corrected chi connectivity index (χ3v) is 5.59. The highest BCUT2D eigenvalue weighted by Crippen LogP contribution is 2.30. The van der Waals surface area contributed by atoms with Crippen molar-refractivity contribution in [3.8, 4) is 10.4 Å². The van der Waals surface area contributed by atoms with Crippen LogP contribution in [0.4, 0.5) is 0 Å². The van der Waals surface area contributed by atoms with E-state index in [0.29, 0.717) is 16.8 Å². The number of carbonyl (C=O) groups excluding carboxylic acids is 1. The van der Waals surface area contributed by atoms with Crippen LogP contribution in [0.15, 0.2) is 47.5 Å². The Labute approximate surface area is 154 Å². The predicted molar refractivity (Wildman–Crippen MR) is 101 cm³/mol. The van der Waals surface area contributed by atoms with Crippen LogP contribution in [0.25, 0.3) is 20.7 Å². The molecule has 1 N–H and O–H groups in total. The van der Waals surface area contributed by atoms with Crippen LogP contribution in [-0.2, 0) is 16.1 Å². The fourth-order valence-corrected chi connectivity index (χ4v) is 4.11. The molecule has 1 unspecified atom stereocenters. The minimum absolute atomic E-state index is 0.0347. The molecule has 0 radical (unpaired) electrons. The van der Waals surface area contributed by atoms with Gasteiger partial charge in [-0.2, -0.15) is 0 Å². The Bertz CT molecular complexity index is 975. The molecule has 0 aliphatic carbocycles. The Morgan fingerprint density at radius 1 is 1.35 bits per heavy atom. The molecule has 0 saturated carbocycles. The van der Waals surface area contributed by atoms with Crippen molar-refractivity contribution in [3.05, 3.63) is 53.1 Å². The van der Waals surface area contributed by atoms with E-state index < -0.39 is 0 Å². The summed E-state index contributed by atoms with van der Waals surface area (Å²) in [6.45, 7) is 1.20. The zero-order chi connectivity index (χ0) is 17.9.